The number of carboxylic acids is 1. The maximum Gasteiger partial charge on any atom is 0.305 e. The van der Waals surface area contributed by atoms with Gasteiger partial charge in [0.1, 0.15) is 0 Å². The summed E-state index contributed by atoms with van der Waals surface area (Å²) in [5.74, 6) is -0.979. The molecular formula is C12H13NO3. The first-order valence-corrected chi connectivity index (χ1v) is 5.11. The lowest BCUT2D eigenvalue weighted by Crippen LogP contribution is -2.15. The van der Waals surface area contributed by atoms with E-state index in [-0.39, 0.29) is 6.42 Å². The van der Waals surface area contributed by atoms with Gasteiger partial charge in [0, 0.05) is 23.5 Å². The summed E-state index contributed by atoms with van der Waals surface area (Å²) in [6.45, 7) is 0. The topological polar surface area (TPSA) is 73.3 Å². The Kier molecular flexibility index (Phi) is 2.92. The van der Waals surface area contributed by atoms with Crippen molar-refractivity contribution in [1.82, 2.24) is 4.98 Å². The molecule has 0 spiro atoms. The van der Waals surface area contributed by atoms with Crippen molar-refractivity contribution in [1.29, 1.82) is 0 Å². The van der Waals surface area contributed by atoms with Gasteiger partial charge in [-0.05, 0) is 11.6 Å². The average molecular weight is 219 g/mol. The number of benzene rings is 1. The van der Waals surface area contributed by atoms with Crippen LogP contribution in [0.4, 0.5) is 0 Å². The minimum Gasteiger partial charge on any atom is -0.481 e. The predicted molar refractivity (Wildman–Crippen MR) is 60.3 cm³/mol. The molecule has 1 unspecified atom stereocenters. The summed E-state index contributed by atoms with van der Waals surface area (Å²) >= 11 is 0. The van der Waals surface area contributed by atoms with Crippen LogP contribution in [0.15, 0.2) is 30.5 Å². The average Bonchev–Trinajstić information content (AvgIpc) is 2.61. The standard InChI is InChI=1S/C12H13NO3/c14-9(6-12(15)16)5-8-7-13-11-4-2-1-3-10(8)11/h1-4,7,9,13-14H,5-6H2,(H,15,16). The number of rotatable bonds is 4. The monoisotopic (exact) mass is 219 g/mol. The van der Waals surface area contributed by atoms with Gasteiger partial charge >= 0.3 is 5.97 Å². The Bertz CT molecular complexity index is 504. The van der Waals surface area contributed by atoms with E-state index in [1.165, 1.54) is 0 Å². The van der Waals surface area contributed by atoms with E-state index in [0.717, 1.165) is 16.5 Å². The summed E-state index contributed by atoms with van der Waals surface area (Å²) < 4.78 is 0. The highest BCUT2D eigenvalue weighted by Gasteiger charge is 2.12. The van der Waals surface area contributed by atoms with Crippen molar-refractivity contribution >= 4 is 16.9 Å². The summed E-state index contributed by atoms with van der Waals surface area (Å²) in [4.78, 5) is 13.5. The van der Waals surface area contributed by atoms with Gasteiger partial charge in [0.25, 0.3) is 0 Å². The number of aliphatic hydroxyl groups is 1. The van der Waals surface area contributed by atoms with Crippen LogP contribution in [0.3, 0.4) is 0 Å². The van der Waals surface area contributed by atoms with Gasteiger partial charge < -0.3 is 15.2 Å². The number of aliphatic carboxylic acids is 1. The molecule has 0 aliphatic carbocycles. The van der Waals surface area contributed by atoms with Crippen molar-refractivity contribution in [3.05, 3.63) is 36.0 Å². The van der Waals surface area contributed by atoms with E-state index >= 15 is 0 Å². The zero-order valence-electron chi connectivity index (χ0n) is 8.68. The molecule has 4 heteroatoms. The van der Waals surface area contributed by atoms with Crippen LogP contribution in [0.1, 0.15) is 12.0 Å². The fourth-order valence-corrected chi connectivity index (χ4v) is 1.83. The van der Waals surface area contributed by atoms with E-state index in [2.05, 4.69) is 4.98 Å². The second kappa shape index (κ2) is 4.37. The normalized spacial score (nSPS) is 12.8. The molecule has 16 heavy (non-hydrogen) atoms. The largest absolute Gasteiger partial charge is 0.481 e. The lowest BCUT2D eigenvalue weighted by atomic mass is 10.1. The van der Waals surface area contributed by atoms with Crippen LogP contribution in [0.5, 0.6) is 0 Å². The first kappa shape index (κ1) is 10.7. The van der Waals surface area contributed by atoms with Gasteiger partial charge in [-0.3, -0.25) is 4.79 Å². The second-order valence-electron chi connectivity index (χ2n) is 3.82. The Morgan fingerprint density at radius 3 is 2.88 bits per heavy atom. The van der Waals surface area contributed by atoms with Crippen LogP contribution >= 0.6 is 0 Å². The van der Waals surface area contributed by atoms with Gasteiger partial charge in [-0.25, -0.2) is 0 Å². The smallest absolute Gasteiger partial charge is 0.305 e. The van der Waals surface area contributed by atoms with Crippen molar-refractivity contribution in [3.8, 4) is 0 Å². The predicted octanol–water partition coefficient (Wildman–Crippen LogP) is 1.55. The number of carboxylic acid groups (broad SMARTS) is 1. The maximum atomic E-state index is 10.4. The quantitative estimate of drug-likeness (QED) is 0.730. The molecule has 0 aliphatic heterocycles. The van der Waals surface area contributed by atoms with Crippen molar-refractivity contribution in [2.75, 3.05) is 0 Å². The van der Waals surface area contributed by atoms with Gasteiger partial charge in [0.15, 0.2) is 0 Å². The van der Waals surface area contributed by atoms with E-state index < -0.39 is 12.1 Å². The molecule has 3 N–H and O–H groups in total. The summed E-state index contributed by atoms with van der Waals surface area (Å²) in [6.07, 6.45) is 1.11. The third-order valence-corrected chi connectivity index (χ3v) is 2.54. The highest BCUT2D eigenvalue weighted by Crippen LogP contribution is 2.19. The molecule has 84 valence electrons. The van der Waals surface area contributed by atoms with Crippen LogP contribution in [-0.2, 0) is 11.2 Å². The van der Waals surface area contributed by atoms with Crippen molar-refractivity contribution in [3.63, 3.8) is 0 Å². The number of hydrogen-bond acceptors (Lipinski definition) is 2. The molecule has 0 saturated heterocycles. The number of nitrogens with one attached hydrogen (secondary N) is 1. The number of aromatic amines is 1. The molecule has 0 bridgehead atoms. The molecule has 1 aromatic heterocycles. The zero-order valence-corrected chi connectivity index (χ0v) is 8.68. The molecule has 0 amide bonds. The second-order valence-corrected chi connectivity index (χ2v) is 3.82. The van der Waals surface area contributed by atoms with Crippen LogP contribution in [0, 0.1) is 0 Å². The Hall–Kier alpha value is -1.81. The van der Waals surface area contributed by atoms with Gasteiger partial charge in [-0.15, -0.1) is 0 Å². The molecule has 2 rings (SSSR count). The van der Waals surface area contributed by atoms with Crippen molar-refractivity contribution in [2.45, 2.75) is 18.9 Å². The van der Waals surface area contributed by atoms with Crippen LogP contribution in [0.2, 0.25) is 0 Å². The lowest BCUT2D eigenvalue weighted by Gasteiger charge is -2.06. The summed E-state index contributed by atoms with van der Waals surface area (Å²) in [7, 11) is 0. The van der Waals surface area contributed by atoms with Crippen molar-refractivity contribution in [2.24, 2.45) is 0 Å². The molecule has 2 aromatic rings. The Labute approximate surface area is 92.5 Å². The fraction of sp³-hybridized carbons (Fsp3) is 0.250. The first-order chi connectivity index (χ1) is 7.66. The van der Waals surface area contributed by atoms with Gasteiger partial charge in [0.05, 0.1) is 12.5 Å². The first-order valence-electron chi connectivity index (χ1n) is 5.11. The molecule has 1 heterocycles. The highest BCUT2D eigenvalue weighted by atomic mass is 16.4. The lowest BCUT2D eigenvalue weighted by molar-refractivity contribution is -0.139. The fourth-order valence-electron chi connectivity index (χ4n) is 1.83. The third-order valence-electron chi connectivity index (χ3n) is 2.54. The van der Waals surface area contributed by atoms with E-state index in [0.29, 0.717) is 6.42 Å². The van der Waals surface area contributed by atoms with Crippen LogP contribution in [0.25, 0.3) is 10.9 Å². The minimum atomic E-state index is -0.979. The molecule has 1 atom stereocenters. The van der Waals surface area contributed by atoms with E-state index in [1.807, 2.05) is 30.5 Å². The molecular weight excluding hydrogens is 206 g/mol. The molecule has 0 saturated carbocycles. The molecule has 4 nitrogen and oxygen atoms in total. The summed E-state index contributed by atoms with van der Waals surface area (Å²) in [5, 5.41) is 19.1. The van der Waals surface area contributed by atoms with Gasteiger partial charge in [-0.2, -0.15) is 0 Å². The maximum absolute atomic E-state index is 10.4. The summed E-state index contributed by atoms with van der Waals surface area (Å²) in [5.41, 5.74) is 1.95. The minimum absolute atomic E-state index is 0.223. The molecule has 0 radical (unpaired) electrons. The number of para-hydroxylation sites is 1. The number of H-pyrrole nitrogens is 1. The number of aromatic nitrogens is 1. The number of carbonyl (C=O) groups is 1. The van der Waals surface area contributed by atoms with E-state index in [1.54, 1.807) is 0 Å². The number of aliphatic hydroxyl groups excluding tert-OH is 1. The van der Waals surface area contributed by atoms with E-state index in [4.69, 9.17) is 5.11 Å². The van der Waals surface area contributed by atoms with E-state index in [9.17, 15) is 9.90 Å². The Morgan fingerprint density at radius 1 is 1.38 bits per heavy atom. The van der Waals surface area contributed by atoms with Gasteiger partial charge in [-0.1, -0.05) is 18.2 Å². The van der Waals surface area contributed by atoms with Crippen LogP contribution in [-0.4, -0.2) is 27.3 Å². The van der Waals surface area contributed by atoms with Gasteiger partial charge in [0.2, 0.25) is 0 Å². The highest BCUT2D eigenvalue weighted by molar-refractivity contribution is 5.83. The number of fused-ring (bicyclic) bond motifs is 1. The summed E-state index contributed by atoms with van der Waals surface area (Å²) in [6, 6.07) is 7.75. The van der Waals surface area contributed by atoms with Crippen molar-refractivity contribution < 1.29 is 15.0 Å². The molecule has 0 aliphatic rings. The molecule has 0 fully saturated rings. The Morgan fingerprint density at radius 2 is 2.12 bits per heavy atom. The SMILES string of the molecule is O=C(O)CC(O)Cc1c[nH]c2ccccc12. The zero-order chi connectivity index (χ0) is 11.5. The number of hydrogen-bond donors (Lipinski definition) is 3. The van der Waals surface area contributed by atoms with Crippen LogP contribution < -0.4 is 0 Å². The molecule has 1 aromatic carbocycles. The Balaban J connectivity index is 2.18. The third kappa shape index (κ3) is 2.23.